The molecule has 0 aliphatic carbocycles. The van der Waals surface area contributed by atoms with Crippen LogP contribution in [0.2, 0.25) is 0 Å². The lowest BCUT2D eigenvalue weighted by Gasteiger charge is -2.27. The van der Waals surface area contributed by atoms with E-state index in [2.05, 4.69) is 5.16 Å². The molecule has 0 saturated carbocycles. The first-order valence-electron chi connectivity index (χ1n) is 6.10. The van der Waals surface area contributed by atoms with Gasteiger partial charge in [-0.1, -0.05) is 35.5 Å². The molecule has 1 heterocycles. The van der Waals surface area contributed by atoms with Gasteiger partial charge in [0.15, 0.2) is 12.1 Å². The summed E-state index contributed by atoms with van der Waals surface area (Å²) in [5, 5.41) is 11.9. The van der Waals surface area contributed by atoms with Crippen molar-refractivity contribution in [1.82, 2.24) is 0 Å². The molecule has 2 rings (SSSR count). The minimum absolute atomic E-state index is 0.0374. The maximum absolute atomic E-state index is 8.84. The second-order valence-corrected chi connectivity index (χ2v) is 4.25. The monoisotopic (exact) mass is 250 g/mol. The van der Waals surface area contributed by atoms with E-state index >= 15 is 0 Å². The molecule has 1 aliphatic rings. The first kappa shape index (κ1) is 12.9. The third kappa shape index (κ3) is 3.21. The Hall–Kier alpha value is -1.59. The van der Waals surface area contributed by atoms with Crippen LogP contribution in [0.1, 0.15) is 30.9 Å². The van der Waals surface area contributed by atoms with Crippen LogP contribution >= 0.6 is 0 Å². The molecule has 0 spiro atoms. The molecule has 0 bridgehead atoms. The van der Waals surface area contributed by atoms with Crippen molar-refractivity contribution in [3.05, 3.63) is 35.9 Å². The van der Waals surface area contributed by atoms with Gasteiger partial charge in [-0.25, -0.2) is 0 Å². The number of nitrogens with zero attached hydrogens (tertiary/aromatic N) is 1. The number of hydrogen-bond acceptors (Lipinski definition) is 4. The second-order valence-electron chi connectivity index (χ2n) is 4.25. The molecule has 1 fully saturated rings. The summed E-state index contributed by atoms with van der Waals surface area (Å²) in [4.78, 5) is 0. The lowest BCUT2D eigenvalue weighted by molar-refractivity contribution is -0.176. The van der Waals surface area contributed by atoms with Gasteiger partial charge in [-0.3, -0.25) is 0 Å². The molecule has 1 aliphatic heterocycles. The summed E-state index contributed by atoms with van der Waals surface area (Å²) in [5.74, 6) is 0.0374. The van der Waals surface area contributed by atoms with Crippen LogP contribution in [0.3, 0.4) is 0 Å². The Morgan fingerprint density at radius 3 is 2.78 bits per heavy atom. The predicted octanol–water partition coefficient (Wildman–Crippen LogP) is 2.02. The maximum Gasteiger partial charge on any atom is 0.173 e. The van der Waals surface area contributed by atoms with E-state index in [4.69, 9.17) is 20.4 Å². The van der Waals surface area contributed by atoms with Gasteiger partial charge in [0, 0.05) is 6.61 Å². The summed E-state index contributed by atoms with van der Waals surface area (Å²) in [5.41, 5.74) is 6.53. The van der Waals surface area contributed by atoms with Crippen molar-refractivity contribution in [1.29, 1.82) is 0 Å². The zero-order chi connectivity index (χ0) is 12.8. The molecule has 18 heavy (non-hydrogen) atoms. The number of ether oxygens (including phenoxy) is 2. The highest BCUT2D eigenvalue weighted by molar-refractivity contribution is 5.85. The van der Waals surface area contributed by atoms with E-state index in [0.29, 0.717) is 6.61 Å². The lowest BCUT2D eigenvalue weighted by Crippen LogP contribution is -2.31. The molecular formula is C13H18N2O3. The highest BCUT2D eigenvalue weighted by Crippen LogP contribution is 2.24. The highest BCUT2D eigenvalue weighted by Gasteiger charge is 2.24. The molecule has 0 radical (unpaired) electrons. The molecule has 98 valence electrons. The van der Waals surface area contributed by atoms with Gasteiger partial charge in [0.25, 0.3) is 0 Å². The standard InChI is InChI=1S/C13H18N2O3/c14-13(15-16)12(10-6-2-1-3-7-10)18-11-8-4-5-9-17-11/h1-3,6-7,11-12,16H,4-5,8-9H2,(H2,14,15). The van der Waals surface area contributed by atoms with Crippen LogP contribution in [0.15, 0.2) is 35.5 Å². The van der Waals surface area contributed by atoms with Gasteiger partial charge in [0.1, 0.15) is 6.10 Å². The summed E-state index contributed by atoms with van der Waals surface area (Å²) in [6.45, 7) is 0.697. The largest absolute Gasteiger partial charge is 0.409 e. The van der Waals surface area contributed by atoms with Crippen LogP contribution in [0.5, 0.6) is 0 Å². The summed E-state index contributed by atoms with van der Waals surface area (Å²) in [6.07, 6.45) is 2.10. The lowest BCUT2D eigenvalue weighted by atomic mass is 10.1. The van der Waals surface area contributed by atoms with E-state index in [1.165, 1.54) is 0 Å². The molecule has 2 atom stereocenters. The predicted molar refractivity (Wildman–Crippen MR) is 67.3 cm³/mol. The van der Waals surface area contributed by atoms with Gasteiger partial charge in [0.05, 0.1) is 0 Å². The van der Waals surface area contributed by atoms with Crippen LogP contribution in [-0.2, 0) is 9.47 Å². The number of benzene rings is 1. The number of nitrogens with two attached hydrogens (primary N) is 1. The molecule has 5 heteroatoms. The van der Waals surface area contributed by atoms with Crippen molar-refractivity contribution in [3.63, 3.8) is 0 Å². The summed E-state index contributed by atoms with van der Waals surface area (Å²) < 4.78 is 11.3. The normalized spacial score (nSPS) is 22.7. The van der Waals surface area contributed by atoms with Crippen LogP contribution in [0.25, 0.3) is 0 Å². The minimum atomic E-state index is -0.570. The van der Waals surface area contributed by atoms with E-state index in [1.807, 2.05) is 30.3 Å². The van der Waals surface area contributed by atoms with Crippen LogP contribution in [-0.4, -0.2) is 23.9 Å². The second kappa shape index (κ2) is 6.37. The van der Waals surface area contributed by atoms with Gasteiger partial charge in [0.2, 0.25) is 0 Å². The zero-order valence-electron chi connectivity index (χ0n) is 10.2. The van der Waals surface area contributed by atoms with Crippen LogP contribution in [0, 0.1) is 0 Å². The molecule has 0 aromatic heterocycles. The Bertz CT molecular complexity index is 388. The topological polar surface area (TPSA) is 77.1 Å². The van der Waals surface area contributed by atoms with E-state index in [1.54, 1.807) is 0 Å². The van der Waals surface area contributed by atoms with Crippen molar-refractivity contribution < 1.29 is 14.7 Å². The molecule has 0 amide bonds. The van der Waals surface area contributed by atoms with Crippen molar-refractivity contribution in [2.45, 2.75) is 31.7 Å². The third-order valence-corrected chi connectivity index (χ3v) is 2.91. The number of rotatable bonds is 4. The molecule has 1 saturated heterocycles. The third-order valence-electron chi connectivity index (χ3n) is 2.91. The Morgan fingerprint density at radius 2 is 2.17 bits per heavy atom. The fourth-order valence-electron chi connectivity index (χ4n) is 1.97. The summed E-state index contributed by atoms with van der Waals surface area (Å²) in [6, 6.07) is 9.44. The quantitative estimate of drug-likeness (QED) is 0.371. The number of oxime groups is 1. The van der Waals surface area contributed by atoms with Crippen molar-refractivity contribution in [3.8, 4) is 0 Å². The van der Waals surface area contributed by atoms with Crippen molar-refractivity contribution >= 4 is 5.84 Å². The smallest absolute Gasteiger partial charge is 0.173 e. The van der Waals surface area contributed by atoms with Crippen molar-refractivity contribution in [2.24, 2.45) is 10.9 Å². The fourth-order valence-corrected chi connectivity index (χ4v) is 1.97. The molecule has 5 nitrogen and oxygen atoms in total. The van der Waals surface area contributed by atoms with E-state index in [9.17, 15) is 0 Å². The van der Waals surface area contributed by atoms with Gasteiger partial charge in [-0.05, 0) is 24.8 Å². The Balaban J connectivity index is 2.10. The van der Waals surface area contributed by atoms with Crippen LogP contribution in [0.4, 0.5) is 0 Å². The molecule has 3 N–H and O–H groups in total. The van der Waals surface area contributed by atoms with Crippen molar-refractivity contribution in [2.75, 3.05) is 6.61 Å². The van der Waals surface area contributed by atoms with E-state index < -0.39 is 6.10 Å². The number of hydrogen-bond donors (Lipinski definition) is 2. The Kier molecular flexibility index (Phi) is 4.55. The molecular weight excluding hydrogens is 232 g/mol. The molecule has 1 aromatic carbocycles. The average Bonchev–Trinajstić information content (AvgIpc) is 2.46. The van der Waals surface area contributed by atoms with E-state index in [-0.39, 0.29) is 12.1 Å². The SMILES string of the molecule is N/C(=N\O)C(OC1CCCCO1)c1ccccc1. The van der Waals surface area contributed by atoms with Gasteiger partial charge in [-0.15, -0.1) is 0 Å². The van der Waals surface area contributed by atoms with Gasteiger partial charge in [-0.2, -0.15) is 0 Å². The fraction of sp³-hybridized carbons (Fsp3) is 0.462. The summed E-state index contributed by atoms with van der Waals surface area (Å²) >= 11 is 0. The molecule has 2 unspecified atom stereocenters. The zero-order valence-corrected chi connectivity index (χ0v) is 10.2. The minimum Gasteiger partial charge on any atom is -0.409 e. The van der Waals surface area contributed by atoms with E-state index in [0.717, 1.165) is 24.8 Å². The van der Waals surface area contributed by atoms with Crippen LogP contribution < -0.4 is 5.73 Å². The summed E-state index contributed by atoms with van der Waals surface area (Å²) in [7, 11) is 0. The number of amidine groups is 1. The Labute approximate surface area is 106 Å². The Morgan fingerprint density at radius 1 is 1.39 bits per heavy atom. The maximum atomic E-state index is 8.84. The first-order chi connectivity index (χ1) is 8.81. The average molecular weight is 250 g/mol. The highest BCUT2D eigenvalue weighted by atomic mass is 16.7. The first-order valence-corrected chi connectivity index (χ1v) is 6.10. The molecule has 1 aromatic rings. The van der Waals surface area contributed by atoms with Gasteiger partial charge < -0.3 is 20.4 Å². The van der Waals surface area contributed by atoms with Gasteiger partial charge >= 0.3 is 0 Å².